The number of nitrogens with zero attached hydrogens (tertiary/aromatic N) is 6. The molecule has 3 heterocycles. The molecule has 2 aromatic heterocycles. The van der Waals surface area contributed by atoms with Gasteiger partial charge in [0.2, 0.25) is 5.13 Å². The third kappa shape index (κ3) is 3.41. The van der Waals surface area contributed by atoms with E-state index in [1.807, 2.05) is 0 Å². The van der Waals surface area contributed by atoms with Crippen molar-refractivity contribution in [2.75, 3.05) is 36.0 Å². The Kier molecular flexibility index (Phi) is 4.50. The average molecular weight is 325 g/mol. The molecule has 0 saturated carbocycles. The van der Waals surface area contributed by atoms with Crippen LogP contribution in [0.1, 0.15) is 19.2 Å². The molecule has 1 fully saturated rings. The van der Waals surface area contributed by atoms with Gasteiger partial charge in [-0.15, -0.1) is 0 Å². The van der Waals surface area contributed by atoms with E-state index in [1.54, 1.807) is 12.4 Å². The summed E-state index contributed by atoms with van der Waals surface area (Å²) >= 11 is 7.41. The first-order chi connectivity index (χ1) is 10.3. The fraction of sp³-hybridized carbons (Fsp3) is 0.538. The maximum atomic E-state index is 5.92. The SMILES string of the molecule is CCc1nsc(N2CCCN(c3cncc(Cl)n3)CC2)n1. The van der Waals surface area contributed by atoms with E-state index in [-0.39, 0.29) is 0 Å². The van der Waals surface area contributed by atoms with E-state index in [4.69, 9.17) is 11.6 Å². The minimum Gasteiger partial charge on any atom is -0.353 e. The molecule has 21 heavy (non-hydrogen) atoms. The first-order valence-corrected chi connectivity index (χ1v) is 8.21. The van der Waals surface area contributed by atoms with E-state index in [1.165, 1.54) is 11.5 Å². The van der Waals surface area contributed by atoms with Crippen molar-refractivity contribution >= 4 is 34.1 Å². The highest BCUT2D eigenvalue weighted by molar-refractivity contribution is 7.09. The molecular weight excluding hydrogens is 308 g/mol. The highest BCUT2D eigenvalue weighted by atomic mass is 35.5. The summed E-state index contributed by atoms with van der Waals surface area (Å²) in [6.07, 6.45) is 5.26. The van der Waals surface area contributed by atoms with Gasteiger partial charge in [0.15, 0.2) is 0 Å². The fourth-order valence-corrected chi connectivity index (χ4v) is 3.28. The summed E-state index contributed by atoms with van der Waals surface area (Å²) in [5.74, 6) is 1.77. The molecule has 1 aliphatic rings. The van der Waals surface area contributed by atoms with Gasteiger partial charge in [0, 0.05) is 44.1 Å². The summed E-state index contributed by atoms with van der Waals surface area (Å²) in [5, 5.41) is 1.45. The minimum atomic E-state index is 0.435. The Morgan fingerprint density at radius 3 is 2.71 bits per heavy atom. The van der Waals surface area contributed by atoms with Gasteiger partial charge < -0.3 is 9.80 Å². The number of aromatic nitrogens is 4. The molecular formula is C13H17ClN6S. The lowest BCUT2D eigenvalue weighted by Crippen LogP contribution is -2.31. The minimum absolute atomic E-state index is 0.435. The van der Waals surface area contributed by atoms with Crippen molar-refractivity contribution in [2.24, 2.45) is 0 Å². The topological polar surface area (TPSA) is 58.0 Å². The number of rotatable bonds is 3. The van der Waals surface area contributed by atoms with Gasteiger partial charge in [-0.25, -0.2) is 9.97 Å². The van der Waals surface area contributed by atoms with Crippen molar-refractivity contribution < 1.29 is 0 Å². The van der Waals surface area contributed by atoms with E-state index < -0.39 is 0 Å². The number of hydrogen-bond acceptors (Lipinski definition) is 7. The largest absolute Gasteiger partial charge is 0.353 e. The summed E-state index contributed by atoms with van der Waals surface area (Å²) in [7, 11) is 0. The molecule has 0 spiro atoms. The Morgan fingerprint density at radius 1 is 1.14 bits per heavy atom. The quantitative estimate of drug-likeness (QED) is 0.863. The molecule has 0 aromatic carbocycles. The first-order valence-electron chi connectivity index (χ1n) is 7.06. The molecule has 3 rings (SSSR count). The van der Waals surface area contributed by atoms with Crippen LogP contribution in [-0.4, -0.2) is 45.5 Å². The Bertz CT molecular complexity index is 604. The maximum Gasteiger partial charge on any atom is 0.205 e. The van der Waals surface area contributed by atoms with E-state index in [2.05, 4.69) is 36.0 Å². The van der Waals surface area contributed by atoms with Crippen LogP contribution in [0.25, 0.3) is 0 Å². The van der Waals surface area contributed by atoms with Crippen LogP contribution in [0.5, 0.6) is 0 Å². The van der Waals surface area contributed by atoms with Crippen molar-refractivity contribution in [3.8, 4) is 0 Å². The monoisotopic (exact) mass is 324 g/mol. The molecule has 0 radical (unpaired) electrons. The second kappa shape index (κ2) is 6.53. The lowest BCUT2D eigenvalue weighted by Gasteiger charge is -2.21. The van der Waals surface area contributed by atoms with Crippen LogP contribution < -0.4 is 9.80 Å². The molecule has 0 atom stereocenters. The van der Waals surface area contributed by atoms with Gasteiger partial charge in [-0.2, -0.15) is 4.37 Å². The van der Waals surface area contributed by atoms with E-state index in [9.17, 15) is 0 Å². The van der Waals surface area contributed by atoms with Crippen LogP contribution in [0.4, 0.5) is 10.9 Å². The van der Waals surface area contributed by atoms with Crippen molar-refractivity contribution in [3.63, 3.8) is 0 Å². The molecule has 0 N–H and O–H groups in total. The molecule has 112 valence electrons. The maximum absolute atomic E-state index is 5.92. The van der Waals surface area contributed by atoms with Crippen molar-refractivity contribution in [3.05, 3.63) is 23.4 Å². The van der Waals surface area contributed by atoms with Crippen molar-refractivity contribution in [2.45, 2.75) is 19.8 Å². The van der Waals surface area contributed by atoms with E-state index >= 15 is 0 Å². The molecule has 1 aliphatic heterocycles. The van der Waals surface area contributed by atoms with Gasteiger partial charge in [0.1, 0.15) is 16.8 Å². The van der Waals surface area contributed by atoms with Gasteiger partial charge in [-0.1, -0.05) is 18.5 Å². The Hall–Kier alpha value is -1.47. The molecule has 0 aliphatic carbocycles. The van der Waals surface area contributed by atoms with Crippen LogP contribution in [0.2, 0.25) is 5.15 Å². The molecule has 0 amide bonds. The third-order valence-electron chi connectivity index (χ3n) is 3.46. The molecule has 2 aromatic rings. The average Bonchev–Trinajstić information content (AvgIpc) is 2.84. The van der Waals surface area contributed by atoms with E-state index in [0.29, 0.717) is 5.15 Å². The Balaban J connectivity index is 1.69. The lowest BCUT2D eigenvalue weighted by atomic mass is 10.4. The summed E-state index contributed by atoms with van der Waals surface area (Å²) < 4.78 is 4.36. The second-order valence-electron chi connectivity index (χ2n) is 4.87. The van der Waals surface area contributed by atoms with Gasteiger partial charge in [-0.3, -0.25) is 4.98 Å². The van der Waals surface area contributed by atoms with Gasteiger partial charge in [0.05, 0.1) is 12.4 Å². The van der Waals surface area contributed by atoms with Gasteiger partial charge in [-0.05, 0) is 6.42 Å². The number of aryl methyl sites for hydroxylation is 1. The molecule has 8 heteroatoms. The fourth-order valence-electron chi connectivity index (χ4n) is 2.34. The van der Waals surface area contributed by atoms with Gasteiger partial charge >= 0.3 is 0 Å². The molecule has 0 unspecified atom stereocenters. The van der Waals surface area contributed by atoms with Crippen LogP contribution in [0.15, 0.2) is 12.4 Å². The molecule has 0 bridgehead atoms. The highest BCUT2D eigenvalue weighted by Gasteiger charge is 2.19. The predicted molar refractivity (Wildman–Crippen MR) is 85.4 cm³/mol. The lowest BCUT2D eigenvalue weighted by molar-refractivity contribution is 0.794. The Labute approximate surface area is 133 Å². The zero-order chi connectivity index (χ0) is 14.7. The number of anilines is 2. The molecule has 1 saturated heterocycles. The van der Waals surface area contributed by atoms with E-state index in [0.717, 1.165) is 55.8 Å². The van der Waals surface area contributed by atoms with Crippen LogP contribution in [0.3, 0.4) is 0 Å². The smallest absolute Gasteiger partial charge is 0.205 e. The van der Waals surface area contributed by atoms with Crippen LogP contribution >= 0.6 is 23.1 Å². The first kappa shape index (κ1) is 14.5. The number of halogens is 1. The zero-order valence-electron chi connectivity index (χ0n) is 11.9. The standard InChI is InChI=1S/C13H17ClN6S/c1-2-11-17-13(21-18-11)20-5-3-4-19(6-7-20)12-9-15-8-10(14)16-12/h8-9H,2-7H2,1H3. The predicted octanol–water partition coefficient (Wildman–Crippen LogP) is 2.26. The summed E-state index contributed by atoms with van der Waals surface area (Å²) in [6, 6.07) is 0. The number of hydrogen-bond donors (Lipinski definition) is 0. The second-order valence-corrected chi connectivity index (χ2v) is 5.99. The van der Waals surface area contributed by atoms with Crippen LogP contribution in [-0.2, 0) is 6.42 Å². The normalized spacial score (nSPS) is 16.1. The van der Waals surface area contributed by atoms with Gasteiger partial charge in [0.25, 0.3) is 0 Å². The van der Waals surface area contributed by atoms with Crippen molar-refractivity contribution in [1.29, 1.82) is 0 Å². The molecule has 6 nitrogen and oxygen atoms in total. The highest BCUT2D eigenvalue weighted by Crippen LogP contribution is 2.21. The Morgan fingerprint density at radius 2 is 1.95 bits per heavy atom. The summed E-state index contributed by atoms with van der Waals surface area (Å²) in [4.78, 5) is 17.5. The summed E-state index contributed by atoms with van der Waals surface area (Å²) in [5.41, 5.74) is 0. The zero-order valence-corrected chi connectivity index (χ0v) is 13.4. The third-order valence-corrected chi connectivity index (χ3v) is 4.45. The van der Waals surface area contributed by atoms with Crippen LogP contribution in [0, 0.1) is 0 Å². The van der Waals surface area contributed by atoms with Crippen molar-refractivity contribution in [1.82, 2.24) is 19.3 Å². The summed E-state index contributed by atoms with van der Waals surface area (Å²) in [6.45, 7) is 5.81.